The van der Waals surface area contributed by atoms with Crippen molar-refractivity contribution in [2.45, 2.75) is 18.9 Å². The average Bonchev–Trinajstić information content (AvgIpc) is 2.90. The van der Waals surface area contributed by atoms with E-state index >= 15 is 4.39 Å². The number of halogens is 3. The van der Waals surface area contributed by atoms with Crippen molar-refractivity contribution >= 4 is 22.6 Å². The first-order chi connectivity index (χ1) is 17.8. The number of nitrogens with zero attached hydrogens (tertiary/aromatic N) is 4. The van der Waals surface area contributed by atoms with E-state index in [2.05, 4.69) is 9.97 Å². The van der Waals surface area contributed by atoms with Crippen molar-refractivity contribution in [3.8, 4) is 16.9 Å². The number of benzene rings is 3. The number of hydrogen-bond donors (Lipinski definition) is 0. The molecule has 0 bridgehead atoms. The van der Waals surface area contributed by atoms with Crippen molar-refractivity contribution in [2.75, 3.05) is 32.1 Å². The first kappa shape index (κ1) is 24.5. The highest BCUT2D eigenvalue weighted by Crippen LogP contribution is 2.35. The zero-order chi connectivity index (χ0) is 26.1. The Morgan fingerprint density at radius 1 is 0.946 bits per heavy atom. The minimum absolute atomic E-state index is 0.0405. The molecule has 1 fully saturated rings. The molecule has 9 heteroatoms. The van der Waals surface area contributed by atoms with Crippen LogP contribution in [0.3, 0.4) is 0 Å². The summed E-state index contributed by atoms with van der Waals surface area (Å²) in [5, 5.41) is 0.256. The Morgan fingerprint density at radius 2 is 1.68 bits per heavy atom. The van der Waals surface area contributed by atoms with Gasteiger partial charge in [0.1, 0.15) is 41.5 Å². The highest BCUT2D eigenvalue weighted by Gasteiger charge is 2.25. The van der Waals surface area contributed by atoms with Gasteiger partial charge >= 0.3 is 0 Å². The van der Waals surface area contributed by atoms with Crippen molar-refractivity contribution in [2.24, 2.45) is 0 Å². The molecule has 1 aromatic heterocycles. The number of piperidine rings is 1. The van der Waals surface area contributed by atoms with Crippen LogP contribution in [0.25, 0.3) is 22.0 Å². The molecule has 5 rings (SSSR count). The van der Waals surface area contributed by atoms with Gasteiger partial charge in [-0.15, -0.1) is 0 Å². The summed E-state index contributed by atoms with van der Waals surface area (Å²) in [7, 11) is 3.11. The zero-order valence-electron chi connectivity index (χ0n) is 20.4. The molecule has 0 N–H and O–H groups in total. The zero-order valence-corrected chi connectivity index (χ0v) is 20.4. The maximum Gasteiger partial charge on any atom is 0.256 e. The highest BCUT2D eigenvalue weighted by atomic mass is 19.1. The van der Waals surface area contributed by atoms with Crippen LogP contribution in [0.2, 0.25) is 0 Å². The SMILES string of the molecule is CN(C)C(=O)c1ccc(-c2ccc(F)c3c(N4CCC(Oc5ccc(F)cc5)CC4)ncnc23)cc1F. The number of ether oxygens (including phenoxy) is 1. The van der Waals surface area contributed by atoms with Gasteiger partial charge in [0, 0.05) is 45.6 Å². The van der Waals surface area contributed by atoms with Crippen LogP contribution in [0.1, 0.15) is 23.2 Å². The molecule has 3 aromatic carbocycles. The van der Waals surface area contributed by atoms with Crippen molar-refractivity contribution in [3.63, 3.8) is 0 Å². The molecule has 4 aromatic rings. The number of amides is 1. The lowest BCUT2D eigenvalue weighted by Gasteiger charge is -2.33. The topological polar surface area (TPSA) is 58.6 Å². The fourth-order valence-electron chi connectivity index (χ4n) is 4.58. The first-order valence-electron chi connectivity index (χ1n) is 11.9. The molecule has 0 radical (unpaired) electrons. The Balaban J connectivity index is 1.42. The van der Waals surface area contributed by atoms with Gasteiger partial charge in [-0.3, -0.25) is 4.79 Å². The van der Waals surface area contributed by atoms with Crippen molar-refractivity contribution in [1.29, 1.82) is 0 Å². The Bertz CT molecular complexity index is 1450. The summed E-state index contributed by atoms with van der Waals surface area (Å²) in [6, 6.07) is 13.1. The summed E-state index contributed by atoms with van der Waals surface area (Å²) in [6.45, 7) is 1.16. The maximum atomic E-state index is 15.1. The second kappa shape index (κ2) is 10.1. The van der Waals surface area contributed by atoms with E-state index in [0.717, 1.165) is 0 Å². The second-order valence-corrected chi connectivity index (χ2v) is 9.17. The molecule has 1 saturated heterocycles. The lowest BCUT2D eigenvalue weighted by Crippen LogP contribution is -2.38. The molecule has 1 aliphatic heterocycles. The third kappa shape index (κ3) is 4.94. The minimum atomic E-state index is -0.661. The Morgan fingerprint density at radius 3 is 2.35 bits per heavy atom. The van der Waals surface area contributed by atoms with Gasteiger partial charge in [0.05, 0.1) is 16.5 Å². The van der Waals surface area contributed by atoms with Gasteiger partial charge in [0.2, 0.25) is 0 Å². The third-order valence-corrected chi connectivity index (χ3v) is 6.49. The summed E-state index contributed by atoms with van der Waals surface area (Å²) in [4.78, 5) is 24.2. The van der Waals surface area contributed by atoms with E-state index in [9.17, 15) is 13.6 Å². The van der Waals surface area contributed by atoms with Crippen LogP contribution in [0.15, 0.2) is 60.9 Å². The van der Waals surface area contributed by atoms with Gasteiger partial charge < -0.3 is 14.5 Å². The van der Waals surface area contributed by atoms with Gasteiger partial charge in [-0.2, -0.15) is 0 Å². The molecule has 0 aliphatic carbocycles. The summed E-state index contributed by atoms with van der Waals surface area (Å²) < 4.78 is 49.1. The largest absolute Gasteiger partial charge is 0.490 e. The molecule has 190 valence electrons. The standard InChI is InChI=1S/C28H25F3N4O2/c1-34(2)28(36)22-8-3-17(15-24(22)31)21-9-10-23(30)25-26(21)32-16-33-27(25)35-13-11-20(12-14-35)37-19-6-4-18(29)5-7-19/h3-10,15-16,20H,11-14H2,1-2H3. The van der Waals surface area contributed by atoms with E-state index in [1.54, 1.807) is 38.4 Å². The molecular weight excluding hydrogens is 481 g/mol. The fourth-order valence-corrected chi connectivity index (χ4v) is 4.58. The van der Waals surface area contributed by atoms with E-state index in [1.165, 1.54) is 41.6 Å². The summed E-state index contributed by atoms with van der Waals surface area (Å²) >= 11 is 0. The van der Waals surface area contributed by atoms with Gasteiger partial charge in [-0.1, -0.05) is 6.07 Å². The van der Waals surface area contributed by atoms with Crippen LogP contribution < -0.4 is 9.64 Å². The molecule has 0 saturated carbocycles. The molecule has 0 spiro atoms. The maximum absolute atomic E-state index is 15.1. The van der Waals surface area contributed by atoms with Crippen LogP contribution >= 0.6 is 0 Å². The first-order valence-corrected chi connectivity index (χ1v) is 11.9. The normalized spacial score (nSPS) is 14.1. The fraction of sp³-hybridized carbons (Fsp3) is 0.250. The lowest BCUT2D eigenvalue weighted by atomic mass is 9.99. The molecule has 1 aliphatic rings. The predicted molar refractivity (Wildman–Crippen MR) is 135 cm³/mol. The van der Waals surface area contributed by atoms with Crippen LogP contribution in [0.5, 0.6) is 5.75 Å². The molecule has 1 amide bonds. The summed E-state index contributed by atoms with van der Waals surface area (Å²) in [5.74, 6) is -0.826. The smallest absolute Gasteiger partial charge is 0.256 e. The lowest BCUT2D eigenvalue weighted by molar-refractivity contribution is 0.0823. The van der Waals surface area contributed by atoms with Crippen molar-refractivity contribution < 1.29 is 22.7 Å². The third-order valence-electron chi connectivity index (χ3n) is 6.49. The molecule has 37 heavy (non-hydrogen) atoms. The van der Waals surface area contributed by atoms with Crippen LogP contribution in [-0.4, -0.2) is 54.1 Å². The Labute approximate surface area is 212 Å². The Kier molecular flexibility index (Phi) is 6.69. The van der Waals surface area contributed by atoms with E-state index < -0.39 is 17.5 Å². The molecular formula is C28H25F3N4O2. The number of carbonyl (C=O) groups is 1. The monoisotopic (exact) mass is 506 g/mol. The number of rotatable bonds is 5. The molecule has 0 atom stereocenters. The number of anilines is 1. The molecule has 6 nitrogen and oxygen atoms in total. The number of carbonyl (C=O) groups excluding carboxylic acids is 1. The van der Waals surface area contributed by atoms with E-state index in [-0.39, 0.29) is 22.9 Å². The minimum Gasteiger partial charge on any atom is -0.490 e. The average molecular weight is 507 g/mol. The summed E-state index contributed by atoms with van der Waals surface area (Å²) in [6.07, 6.45) is 2.68. The second-order valence-electron chi connectivity index (χ2n) is 9.17. The Hall–Kier alpha value is -4.14. The quantitative estimate of drug-likeness (QED) is 0.360. The van der Waals surface area contributed by atoms with Gasteiger partial charge in [0.25, 0.3) is 5.91 Å². The van der Waals surface area contributed by atoms with Gasteiger partial charge in [0.15, 0.2) is 0 Å². The highest BCUT2D eigenvalue weighted by molar-refractivity contribution is 6.00. The van der Waals surface area contributed by atoms with Crippen LogP contribution in [0.4, 0.5) is 19.0 Å². The number of fused-ring (bicyclic) bond motifs is 1. The van der Waals surface area contributed by atoms with E-state index in [4.69, 9.17) is 4.74 Å². The number of aromatic nitrogens is 2. The van der Waals surface area contributed by atoms with Gasteiger partial charge in [-0.05, 0) is 54.1 Å². The molecule has 2 heterocycles. The predicted octanol–water partition coefficient (Wildman–Crippen LogP) is 5.46. The van der Waals surface area contributed by atoms with Crippen molar-refractivity contribution in [3.05, 3.63) is 83.9 Å². The van der Waals surface area contributed by atoms with Crippen LogP contribution in [-0.2, 0) is 0 Å². The summed E-state index contributed by atoms with van der Waals surface area (Å²) in [5.41, 5.74) is 1.34. The van der Waals surface area contributed by atoms with E-state index in [1.807, 2.05) is 4.90 Å². The van der Waals surface area contributed by atoms with Crippen molar-refractivity contribution in [1.82, 2.24) is 14.9 Å². The van der Waals surface area contributed by atoms with Crippen LogP contribution in [0, 0.1) is 17.5 Å². The molecule has 0 unspecified atom stereocenters. The van der Waals surface area contributed by atoms with E-state index in [0.29, 0.717) is 54.1 Å². The van der Waals surface area contributed by atoms with Gasteiger partial charge in [-0.25, -0.2) is 23.1 Å². The number of hydrogen-bond acceptors (Lipinski definition) is 5.